The van der Waals surface area contributed by atoms with Gasteiger partial charge in [-0.2, -0.15) is 0 Å². The Bertz CT molecular complexity index is 847. The number of esters is 1. The second kappa shape index (κ2) is 11.1. The predicted octanol–water partition coefficient (Wildman–Crippen LogP) is 2.14. The van der Waals surface area contributed by atoms with Crippen LogP contribution in [0.4, 0.5) is 4.79 Å². The normalized spacial score (nSPS) is 13.0. The van der Waals surface area contributed by atoms with Crippen LogP contribution in [0.15, 0.2) is 42.9 Å². The molecule has 1 heterocycles. The highest BCUT2D eigenvalue weighted by Crippen LogP contribution is 2.10. The van der Waals surface area contributed by atoms with E-state index in [1.165, 1.54) is 13.4 Å². The molecular formula is C22H30N4O5. The SMILES string of the molecule is COC(=O)[C@H](Cc1cnc[nH]1)NC(=O)[C@H](CCc1ccccc1)NC(=O)OC(C)(C)C. The molecule has 0 aliphatic heterocycles. The molecule has 9 nitrogen and oxygen atoms in total. The minimum absolute atomic E-state index is 0.177. The number of alkyl carbamates (subject to hydrolysis) is 1. The van der Waals surface area contributed by atoms with Crippen molar-refractivity contribution in [3.63, 3.8) is 0 Å². The van der Waals surface area contributed by atoms with E-state index in [0.717, 1.165) is 5.56 Å². The molecule has 0 spiro atoms. The zero-order chi connectivity index (χ0) is 22.9. The fourth-order valence-corrected chi connectivity index (χ4v) is 2.90. The molecule has 2 rings (SSSR count). The molecule has 0 saturated carbocycles. The van der Waals surface area contributed by atoms with Gasteiger partial charge in [-0.15, -0.1) is 0 Å². The maximum atomic E-state index is 13.0. The second-order valence-electron chi connectivity index (χ2n) is 8.09. The summed E-state index contributed by atoms with van der Waals surface area (Å²) in [6.07, 6.45) is 3.40. The zero-order valence-electron chi connectivity index (χ0n) is 18.3. The Morgan fingerprint density at radius 3 is 2.39 bits per heavy atom. The molecule has 168 valence electrons. The summed E-state index contributed by atoms with van der Waals surface area (Å²) in [5, 5.41) is 5.30. The second-order valence-corrected chi connectivity index (χ2v) is 8.09. The van der Waals surface area contributed by atoms with Crippen molar-refractivity contribution in [3.8, 4) is 0 Å². The predicted molar refractivity (Wildman–Crippen MR) is 114 cm³/mol. The first-order valence-corrected chi connectivity index (χ1v) is 10.1. The smallest absolute Gasteiger partial charge is 0.408 e. The summed E-state index contributed by atoms with van der Waals surface area (Å²) in [6.45, 7) is 5.22. The number of hydrogen-bond donors (Lipinski definition) is 3. The fraction of sp³-hybridized carbons (Fsp3) is 0.455. The van der Waals surface area contributed by atoms with Crippen molar-refractivity contribution in [2.24, 2.45) is 0 Å². The van der Waals surface area contributed by atoms with Crippen LogP contribution in [0.3, 0.4) is 0 Å². The molecule has 0 saturated heterocycles. The third-order valence-corrected chi connectivity index (χ3v) is 4.35. The van der Waals surface area contributed by atoms with Gasteiger partial charge in [0.1, 0.15) is 17.7 Å². The molecule has 0 unspecified atom stereocenters. The Kier molecular flexibility index (Phi) is 8.60. The van der Waals surface area contributed by atoms with Crippen LogP contribution in [0.2, 0.25) is 0 Å². The van der Waals surface area contributed by atoms with Crippen LogP contribution in [-0.4, -0.2) is 52.7 Å². The molecule has 0 fully saturated rings. The molecule has 1 aromatic carbocycles. The van der Waals surface area contributed by atoms with Crippen molar-refractivity contribution in [1.82, 2.24) is 20.6 Å². The lowest BCUT2D eigenvalue weighted by Gasteiger charge is -2.25. The summed E-state index contributed by atoms with van der Waals surface area (Å²) in [4.78, 5) is 44.3. The number of nitrogens with one attached hydrogen (secondary N) is 3. The Hall–Kier alpha value is -3.36. The number of aryl methyl sites for hydroxylation is 1. The van der Waals surface area contributed by atoms with Gasteiger partial charge in [0.25, 0.3) is 0 Å². The van der Waals surface area contributed by atoms with Crippen molar-refractivity contribution >= 4 is 18.0 Å². The minimum atomic E-state index is -0.933. The zero-order valence-corrected chi connectivity index (χ0v) is 18.3. The molecular weight excluding hydrogens is 400 g/mol. The van der Waals surface area contributed by atoms with Crippen LogP contribution in [0, 0.1) is 0 Å². The number of carbonyl (C=O) groups is 3. The van der Waals surface area contributed by atoms with E-state index in [2.05, 4.69) is 20.6 Å². The maximum Gasteiger partial charge on any atom is 0.408 e. The van der Waals surface area contributed by atoms with Gasteiger partial charge < -0.3 is 25.1 Å². The third-order valence-electron chi connectivity index (χ3n) is 4.35. The number of aromatic nitrogens is 2. The average Bonchev–Trinajstić information content (AvgIpc) is 3.22. The number of nitrogens with zero attached hydrogens (tertiary/aromatic N) is 1. The van der Waals surface area contributed by atoms with Crippen LogP contribution in [0.1, 0.15) is 38.4 Å². The summed E-state index contributed by atoms with van der Waals surface area (Å²) in [5.41, 5.74) is 0.976. The number of carbonyl (C=O) groups excluding carboxylic acids is 3. The van der Waals surface area contributed by atoms with E-state index in [4.69, 9.17) is 9.47 Å². The summed E-state index contributed by atoms with van der Waals surface area (Å²) in [7, 11) is 1.25. The molecule has 9 heteroatoms. The van der Waals surface area contributed by atoms with Crippen LogP contribution in [-0.2, 0) is 31.9 Å². The number of aromatic amines is 1. The van der Waals surface area contributed by atoms with Gasteiger partial charge in [0.05, 0.1) is 13.4 Å². The molecule has 3 N–H and O–H groups in total. The van der Waals surface area contributed by atoms with Crippen molar-refractivity contribution in [2.75, 3.05) is 7.11 Å². The first-order valence-electron chi connectivity index (χ1n) is 10.1. The van der Waals surface area contributed by atoms with E-state index in [9.17, 15) is 14.4 Å². The summed E-state index contributed by atoms with van der Waals surface area (Å²) in [5.74, 6) is -1.10. The van der Waals surface area contributed by atoms with Gasteiger partial charge in [-0.25, -0.2) is 14.6 Å². The van der Waals surface area contributed by atoms with Gasteiger partial charge >= 0.3 is 12.1 Å². The highest BCUT2D eigenvalue weighted by Gasteiger charge is 2.29. The number of H-pyrrole nitrogens is 1. The standard InChI is InChI=1S/C22H30N4O5/c1-22(2,3)31-21(29)26-17(11-10-15-8-6-5-7-9-15)19(27)25-18(20(28)30-4)12-16-13-23-14-24-16/h5-9,13-14,17-18H,10-12H2,1-4H3,(H,23,24)(H,25,27)(H,26,29)/t17-,18-/m0/s1. The first kappa shape index (κ1) is 23.9. The van der Waals surface area contributed by atoms with Crippen LogP contribution < -0.4 is 10.6 Å². The average molecular weight is 431 g/mol. The molecule has 0 radical (unpaired) electrons. The van der Waals surface area contributed by atoms with Gasteiger partial charge in [0, 0.05) is 18.3 Å². The molecule has 2 amide bonds. The number of rotatable bonds is 9. The summed E-state index contributed by atoms with van der Waals surface area (Å²) < 4.78 is 10.1. The molecule has 2 atom stereocenters. The highest BCUT2D eigenvalue weighted by atomic mass is 16.6. The third kappa shape index (κ3) is 8.49. The van der Waals surface area contributed by atoms with E-state index >= 15 is 0 Å². The van der Waals surface area contributed by atoms with Crippen molar-refractivity contribution in [1.29, 1.82) is 0 Å². The lowest BCUT2D eigenvalue weighted by molar-refractivity contribution is -0.145. The van der Waals surface area contributed by atoms with Crippen molar-refractivity contribution in [2.45, 2.75) is 57.7 Å². The Morgan fingerprint density at radius 2 is 1.81 bits per heavy atom. The van der Waals surface area contributed by atoms with Crippen LogP contribution >= 0.6 is 0 Å². The monoisotopic (exact) mass is 430 g/mol. The van der Waals surface area contributed by atoms with E-state index in [1.54, 1.807) is 27.0 Å². The molecule has 2 aromatic rings. The van der Waals surface area contributed by atoms with Crippen molar-refractivity contribution < 1.29 is 23.9 Å². The van der Waals surface area contributed by atoms with Gasteiger partial charge in [-0.05, 0) is 39.2 Å². The lowest BCUT2D eigenvalue weighted by atomic mass is 10.0. The van der Waals surface area contributed by atoms with E-state index < -0.39 is 35.7 Å². The van der Waals surface area contributed by atoms with E-state index in [-0.39, 0.29) is 6.42 Å². The van der Waals surface area contributed by atoms with Gasteiger partial charge in [0.2, 0.25) is 5.91 Å². The molecule has 0 aliphatic carbocycles. The van der Waals surface area contributed by atoms with Gasteiger partial charge in [-0.3, -0.25) is 4.79 Å². The molecule has 0 bridgehead atoms. The molecule has 31 heavy (non-hydrogen) atoms. The largest absolute Gasteiger partial charge is 0.467 e. The Morgan fingerprint density at radius 1 is 1.10 bits per heavy atom. The first-order chi connectivity index (χ1) is 14.7. The number of methoxy groups -OCH3 is 1. The van der Waals surface area contributed by atoms with Gasteiger partial charge in [-0.1, -0.05) is 30.3 Å². The fourth-order valence-electron chi connectivity index (χ4n) is 2.90. The summed E-state index contributed by atoms with van der Waals surface area (Å²) in [6, 6.07) is 7.77. The lowest BCUT2D eigenvalue weighted by Crippen LogP contribution is -2.53. The van der Waals surface area contributed by atoms with Crippen LogP contribution in [0.5, 0.6) is 0 Å². The van der Waals surface area contributed by atoms with Gasteiger partial charge in [0.15, 0.2) is 0 Å². The Balaban J connectivity index is 2.11. The van der Waals surface area contributed by atoms with Crippen LogP contribution in [0.25, 0.3) is 0 Å². The topological polar surface area (TPSA) is 122 Å². The summed E-state index contributed by atoms with van der Waals surface area (Å²) >= 11 is 0. The number of amides is 2. The van der Waals surface area contributed by atoms with Crippen molar-refractivity contribution in [3.05, 3.63) is 54.1 Å². The maximum absolute atomic E-state index is 13.0. The number of ether oxygens (including phenoxy) is 2. The number of benzene rings is 1. The molecule has 1 aromatic heterocycles. The quantitative estimate of drug-likeness (QED) is 0.524. The Labute approximate surface area is 181 Å². The van der Waals surface area contributed by atoms with E-state index in [1.807, 2.05) is 30.3 Å². The number of hydrogen-bond acceptors (Lipinski definition) is 6. The minimum Gasteiger partial charge on any atom is -0.467 e. The molecule has 0 aliphatic rings. The number of imidazole rings is 1. The van der Waals surface area contributed by atoms with E-state index in [0.29, 0.717) is 18.5 Å². The highest BCUT2D eigenvalue weighted by molar-refractivity contribution is 5.89.